The summed E-state index contributed by atoms with van der Waals surface area (Å²) >= 11 is 1.42. The molecule has 2 atom stereocenters. The average Bonchev–Trinajstić information content (AvgIpc) is 3.08. The second-order valence-corrected chi connectivity index (χ2v) is 7.66. The van der Waals surface area contributed by atoms with Gasteiger partial charge in [0, 0.05) is 26.2 Å². The molecule has 2 saturated heterocycles. The monoisotopic (exact) mass is 335 g/mol. The molecule has 6 heteroatoms. The number of carbonyl (C=O) groups excluding carboxylic acids is 2. The van der Waals surface area contributed by atoms with Gasteiger partial charge in [-0.05, 0) is 50.2 Å². The summed E-state index contributed by atoms with van der Waals surface area (Å²) < 4.78 is 0. The molecule has 23 heavy (non-hydrogen) atoms. The molecule has 0 aliphatic carbocycles. The second-order valence-electron chi connectivity index (χ2n) is 6.72. The zero-order valence-corrected chi connectivity index (χ0v) is 14.7. The summed E-state index contributed by atoms with van der Waals surface area (Å²) in [5.74, 6) is 0.592. The van der Waals surface area contributed by atoms with Crippen LogP contribution in [0.3, 0.4) is 0 Å². The van der Waals surface area contributed by atoms with E-state index in [0.29, 0.717) is 16.8 Å². The lowest BCUT2D eigenvalue weighted by Crippen LogP contribution is -2.55. The van der Waals surface area contributed by atoms with Gasteiger partial charge >= 0.3 is 0 Å². The van der Waals surface area contributed by atoms with Gasteiger partial charge in [-0.1, -0.05) is 6.07 Å². The van der Waals surface area contributed by atoms with Crippen LogP contribution in [0, 0.1) is 5.92 Å². The van der Waals surface area contributed by atoms with Crippen LogP contribution in [-0.4, -0.2) is 72.8 Å². The normalized spacial score (nSPS) is 25.0. The second kappa shape index (κ2) is 7.01. The van der Waals surface area contributed by atoms with E-state index in [2.05, 4.69) is 11.9 Å². The minimum atomic E-state index is -0.0689. The summed E-state index contributed by atoms with van der Waals surface area (Å²) in [7, 11) is 3.91. The van der Waals surface area contributed by atoms with Crippen molar-refractivity contribution in [1.82, 2.24) is 14.7 Å². The average molecular weight is 335 g/mol. The summed E-state index contributed by atoms with van der Waals surface area (Å²) in [5.41, 5.74) is 0. The number of carbonyl (C=O) groups is 2. The molecule has 0 saturated carbocycles. The van der Waals surface area contributed by atoms with Crippen molar-refractivity contribution in [3.63, 3.8) is 0 Å². The van der Waals surface area contributed by atoms with Crippen LogP contribution in [0.15, 0.2) is 17.5 Å². The van der Waals surface area contributed by atoms with Gasteiger partial charge in [0.15, 0.2) is 0 Å². The van der Waals surface area contributed by atoms with E-state index in [1.165, 1.54) is 35.6 Å². The van der Waals surface area contributed by atoms with E-state index in [1.807, 2.05) is 16.3 Å². The smallest absolute Gasteiger partial charge is 0.264 e. The first-order valence-electron chi connectivity index (χ1n) is 8.33. The lowest BCUT2D eigenvalue weighted by atomic mass is 9.84. The van der Waals surface area contributed by atoms with E-state index in [1.54, 1.807) is 13.1 Å². The van der Waals surface area contributed by atoms with Crippen LogP contribution >= 0.6 is 11.3 Å². The first-order chi connectivity index (χ1) is 11.1. The van der Waals surface area contributed by atoms with Crippen LogP contribution in [0.2, 0.25) is 0 Å². The van der Waals surface area contributed by atoms with Crippen molar-refractivity contribution >= 4 is 23.2 Å². The Morgan fingerprint density at radius 3 is 2.91 bits per heavy atom. The molecule has 0 N–H and O–H groups in total. The van der Waals surface area contributed by atoms with E-state index in [0.717, 1.165) is 19.5 Å². The van der Waals surface area contributed by atoms with Gasteiger partial charge in [0.05, 0.1) is 11.4 Å². The van der Waals surface area contributed by atoms with Gasteiger partial charge in [-0.2, -0.15) is 0 Å². The molecule has 2 aliphatic heterocycles. The van der Waals surface area contributed by atoms with Crippen molar-refractivity contribution in [1.29, 1.82) is 0 Å². The fourth-order valence-electron chi connectivity index (χ4n) is 3.84. The molecule has 2 fully saturated rings. The summed E-state index contributed by atoms with van der Waals surface area (Å²) in [6.07, 6.45) is 3.48. The first-order valence-corrected chi connectivity index (χ1v) is 9.21. The summed E-state index contributed by atoms with van der Waals surface area (Å²) in [5, 5.41) is 1.88. The zero-order chi connectivity index (χ0) is 16.4. The molecule has 1 aromatic rings. The van der Waals surface area contributed by atoms with Crippen LogP contribution in [0.4, 0.5) is 0 Å². The van der Waals surface area contributed by atoms with Crippen LogP contribution in [-0.2, 0) is 4.79 Å². The number of amides is 2. The molecule has 2 aliphatic rings. The van der Waals surface area contributed by atoms with Crippen LogP contribution in [0.1, 0.15) is 28.9 Å². The largest absolute Gasteiger partial charge is 0.341 e. The molecule has 0 unspecified atom stereocenters. The summed E-state index contributed by atoms with van der Waals surface area (Å²) in [6.45, 7) is 3.00. The molecular weight excluding hydrogens is 310 g/mol. The Hall–Kier alpha value is -1.40. The highest BCUT2D eigenvalue weighted by Gasteiger charge is 2.36. The van der Waals surface area contributed by atoms with E-state index in [9.17, 15) is 9.59 Å². The minimum Gasteiger partial charge on any atom is -0.341 e. The number of hydrogen-bond acceptors (Lipinski definition) is 4. The third-order valence-electron chi connectivity index (χ3n) is 5.15. The molecular formula is C17H25N3O2S. The number of piperidine rings is 2. The standard InChI is InChI=1S/C17H25N3O2S/c1-18-8-3-5-13-11-20(9-7-14(13)18)16(21)12-19(2)17(22)15-6-4-10-23-15/h4,6,10,13-14H,3,5,7-9,11-12H2,1-2H3/t13-,14-/m1/s1. The maximum absolute atomic E-state index is 12.6. The Balaban J connectivity index is 1.55. The molecule has 5 nitrogen and oxygen atoms in total. The Bertz CT molecular complexity index is 560. The zero-order valence-electron chi connectivity index (χ0n) is 13.9. The minimum absolute atomic E-state index is 0.0689. The van der Waals surface area contributed by atoms with Crippen LogP contribution < -0.4 is 0 Å². The van der Waals surface area contributed by atoms with E-state index in [-0.39, 0.29) is 18.4 Å². The number of rotatable bonds is 3. The highest BCUT2D eigenvalue weighted by Crippen LogP contribution is 2.29. The highest BCUT2D eigenvalue weighted by molar-refractivity contribution is 7.12. The van der Waals surface area contributed by atoms with Crippen LogP contribution in [0.5, 0.6) is 0 Å². The number of thiophene rings is 1. The lowest BCUT2D eigenvalue weighted by Gasteiger charge is -2.46. The first kappa shape index (κ1) is 16.5. The third kappa shape index (κ3) is 3.58. The molecule has 126 valence electrons. The van der Waals surface area contributed by atoms with Gasteiger partial charge in [-0.15, -0.1) is 11.3 Å². The predicted molar refractivity (Wildman–Crippen MR) is 91.6 cm³/mol. The van der Waals surface area contributed by atoms with Gasteiger partial charge in [0.1, 0.15) is 0 Å². The van der Waals surface area contributed by atoms with E-state index in [4.69, 9.17) is 0 Å². The van der Waals surface area contributed by atoms with E-state index >= 15 is 0 Å². The molecule has 3 heterocycles. The molecule has 0 radical (unpaired) electrons. The van der Waals surface area contributed by atoms with Crippen molar-refractivity contribution in [2.24, 2.45) is 5.92 Å². The van der Waals surface area contributed by atoms with Gasteiger partial charge in [0.2, 0.25) is 5.91 Å². The Morgan fingerprint density at radius 1 is 1.35 bits per heavy atom. The maximum atomic E-state index is 12.6. The van der Waals surface area contributed by atoms with Crippen molar-refractivity contribution in [2.75, 3.05) is 40.3 Å². The number of hydrogen-bond donors (Lipinski definition) is 0. The van der Waals surface area contributed by atoms with Crippen molar-refractivity contribution in [3.8, 4) is 0 Å². The third-order valence-corrected chi connectivity index (χ3v) is 6.01. The Kier molecular flexibility index (Phi) is 5.02. The lowest BCUT2D eigenvalue weighted by molar-refractivity contribution is -0.135. The fraction of sp³-hybridized carbons (Fsp3) is 0.647. The van der Waals surface area contributed by atoms with Gasteiger partial charge in [-0.3, -0.25) is 9.59 Å². The predicted octanol–water partition coefficient (Wildman–Crippen LogP) is 1.76. The number of likely N-dealkylation sites (N-methyl/N-ethyl adjacent to an activating group) is 1. The van der Waals surface area contributed by atoms with E-state index < -0.39 is 0 Å². The SMILES string of the molecule is CN(CC(=O)N1CC[C@@H]2[C@H](CCCN2C)C1)C(=O)c1cccs1. The molecule has 0 spiro atoms. The quantitative estimate of drug-likeness (QED) is 0.845. The molecule has 3 rings (SSSR count). The maximum Gasteiger partial charge on any atom is 0.264 e. The fourth-order valence-corrected chi connectivity index (χ4v) is 4.56. The molecule has 1 aromatic heterocycles. The Morgan fingerprint density at radius 2 is 2.17 bits per heavy atom. The highest BCUT2D eigenvalue weighted by atomic mass is 32.1. The summed E-state index contributed by atoms with van der Waals surface area (Å²) in [4.78, 5) is 31.4. The van der Waals surface area contributed by atoms with Crippen molar-refractivity contribution in [3.05, 3.63) is 22.4 Å². The number of likely N-dealkylation sites (tertiary alicyclic amines) is 2. The van der Waals surface area contributed by atoms with Gasteiger partial charge < -0.3 is 14.7 Å². The Labute approximate surface area is 141 Å². The summed E-state index contributed by atoms with van der Waals surface area (Å²) in [6, 6.07) is 4.29. The topological polar surface area (TPSA) is 43.9 Å². The van der Waals surface area contributed by atoms with Crippen molar-refractivity contribution in [2.45, 2.75) is 25.3 Å². The molecule has 0 aromatic carbocycles. The van der Waals surface area contributed by atoms with Gasteiger partial charge in [-0.25, -0.2) is 0 Å². The number of fused-ring (bicyclic) bond motifs is 1. The van der Waals surface area contributed by atoms with Crippen LogP contribution in [0.25, 0.3) is 0 Å². The number of nitrogens with zero attached hydrogens (tertiary/aromatic N) is 3. The van der Waals surface area contributed by atoms with Crippen molar-refractivity contribution < 1.29 is 9.59 Å². The van der Waals surface area contributed by atoms with Gasteiger partial charge in [0.25, 0.3) is 5.91 Å². The molecule has 2 amide bonds. The molecule has 0 bridgehead atoms.